The van der Waals surface area contributed by atoms with Crippen LogP contribution in [0.5, 0.6) is 0 Å². The first-order valence-electron chi connectivity index (χ1n) is 6.11. The van der Waals surface area contributed by atoms with Crippen LogP contribution in [0.3, 0.4) is 0 Å². The van der Waals surface area contributed by atoms with Crippen LogP contribution in [0.1, 0.15) is 33.1 Å². The molecule has 0 aromatic heterocycles. The van der Waals surface area contributed by atoms with Crippen LogP contribution in [0, 0.1) is 11.3 Å². The highest BCUT2D eigenvalue weighted by molar-refractivity contribution is 5.78. The molecule has 0 aliphatic carbocycles. The van der Waals surface area contributed by atoms with Gasteiger partial charge in [-0.3, -0.25) is 4.79 Å². The molecule has 4 heteroatoms. The van der Waals surface area contributed by atoms with Gasteiger partial charge in [0.25, 0.3) is 0 Å². The Labute approximate surface area is 97.9 Å². The average Bonchev–Trinajstić information content (AvgIpc) is 2.27. The summed E-state index contributed by atoms with van der Waals surface area (Å²) in [5.74, 6) is 0.173. The van der Waals surface area contributed by atoms with E-state index < -0.39 is 0 Å². The van der Waals surface area contributed by atoms with Crippen LogP contribution in [-0.4, -0.2) is 32.2 Å². The predicted octanol–water partition coefficient (Wildman–Crippen LogP) is 0.904. The van der Waals surface area contributed by atoms with E-state index in [2.05, 4.69) is 19.2 Å². The summed E-state index contributed by atoms with van der Waals surface area (Å²) >= 11 is 0. The molecule has 3 N–H and O–H groups in total. The molecule has 1 fully saturated rings. The van der Waals surface area contributed by atoms with Crippen molar-refractivity contribution in [1.29, 1.82) is 0 Å². The molecular weight excluding hydrogens is 204 g/mol. The number of carbonyl (C=O) groups excluding carboxylic acids is 1. The largest absolute Gasteiger partial charge is 0.381 e. The van der Waals surface area contributed by atoms with Crippen molar-refractivity contribution in [2.75, 3.05) is 26.3 Å². The van der Waals surface area contributed by atoms with Gasteiger partial charge < -0.3 is 15.8 Å². The summed E-state index contributed by atoms with van der Waals surface area (Å²) in [4.78, 5) is 11.8. The third kappa shape index (κ3) is 4.49. The molecule has 0 radical (unpaired) electrons. The van der Waals surface area contributed by atoms with Gasteiger partial charge in [0, 0.05) is 13.2 Å². The number of ether oxygens (including phenoxy) is 1. The molecule has 1 amide bonds. The van der Waals surface area contributed by atoms with Gasteiger partial charge in [0.2, 0.25) is 5.91 Å². The van der Waals surface area contributed by atoms with Crippen molar-refractivity contribution in [3.05, 3.63) is 0 Å². The first-order chi connectivity index (χ1) is 7.55. The number of hydrogen-bond acceptors (Lipinski definition) is 3. The van der Waals surface area contributed by atoms with Gasteiger partial charge in [0.15, 0.2) is 0 Å². The number of rotatable bonds is 5. The normalized spacial score (nSPS) is 21.8. The van der Waals surface area contributed by atoms with E-state index in [9.17, 15) is 4.79 Å². The molecule has 0 spiro atoms. The molecule has 1 aliphatic rings. The lowest BCUT2D eigenvalue weighted by Crippen LogP contribution is -2.40. The monoisotopic (exact) mass is 228 g/mol. The predicted molar refractivity (Wildman–Crippen MR) is 64.0 cm³/mol. The number of nitrogens with one attached hydrogen (secondary N) is 1. The van der Waals surface area contributed by atoms with Crippen molar-refractivity contribution < 1.29 is 9.53 Å². The molecule has 0 aromatic carbocycles. The Hall–Kier alpha value is -0.610. The molecule has 1 rings (SSSR count). The summed E-state index contributed by atoms with van der Waals surface area (Å²) in [5.41, 5.74) is 5.61. The fourth-order valence-electron chi connectivity index (χ4n) is 1.90. The third-order valence-electron chi connectivity index (χ3n) is 3.09. The second kappa shape index (κ2) is 6.21. The smallest absolute Gasteiger partial charge is 0.225 e. The molecule has 0 bridgehead atoms. The van der Waals surface area contributed by atoms with Gasteiger partial charge in [0.1, 0.15) is 0 Å². The van der Waals surface area contributed by atoms with E-state index in [1.54, 1.807) is 0 Å². The zero-order valence-corrected chi connectivity index (χ0v) is 10.4. The Balaban J connectivity index is 2.28. The Kier molecular flexibility index (Phi) is 5.22. The highest BCUT2D eigenvalue weighted by Crippen LogP contribution is 2.19. The lowest BCUT2D eigenvalue weighted by atomic mass is 9.89. The summed E-state index contributed by atoms with van der Waals surface area (Å²) < 4.78 is 5.30. The Bertz CT molecular complexity index is 223. The Morgan fingerprint density at radius 3 is 2.88 bits per heavy atom. The molecular formula is C12H24N2O2. The molecule has 1 unspecified atom stereocenters. The van der Waals surface area contributed by atoms with E-state index >= 15 is 0 Å². The first kappa shape index (κ1) is 13.5. The molecule has 4 nitrogen and oxygen atoms in total. The zero-order valence-electron chi connectivity index (χ0n) is 10.4. The highest BCUT2D eigenvalue weighted by Gasteiger charge is 2.24. The van der Waals surface area contributed by atoms with Gasteiger partial charge in [-0.25, -0.2) is 0 Å². The summed E-state index contributed by atoms with van der Waals surface area (Å²) in [6.07, 6.45) is 2.86. The second-order valence-electron chi connectivity index (χ2n) is 5.33. The molecule has 1 atom stereocenters. The van der Waals surface area contributed by atoms with E-state index in [0.29, 0.717) is 19.7 Å². The SMILES string of the molecule is CC(C)(CCN)CNC(=O)C1CCCOC1. The standard InChI is InChI=1S/C12H24N2O2/c1-12(2,5-6-13)9-14-11(15)10-4-3-7-16-8-10/h10H,3-9,13H2,1-2H3,(H,14,15). The van der Waals surface area contributed by atoms with Crippen LogP contribution in [-0.2, 0) is 9.53 Å². The minimum absolute atomic E-state index is 0.0439. The Morgan fingerprint density at radius 2 is 2.31 bits per heavy atom. The minimum Gasteiger partial charge on any atom is -0.381 e. The van der Waals surface area contributed by atoms with Crippen molar-refractivity contribution in [2.24, 2.45) is 17.1 Å². The molecule has 16 heavy (non-hydrogen) atoms. The molecule has 94 valence electrons. The molecule has 1 aliphatic heterocycles. The molecule has 1 saturated heterocycles. The first-order valence-corrected chi connectivity index (χ1v) is 6.11. The molecule has 0 saturated carbocycles. The number of carbonyl (C=O) groups is 1. The van der Waals surface area contributed by atoms with E-state index in [0.717, 1.165) is 25.9 Å². The maximum Gasteiger partial charge on any atom is 0.225 e. The fourth-order valence-corrected chi connectivity index (χ4v) is 1.90. The van der Waals surface area contributed by atoms with Crippen molar-refractivity contribution >= 4 is 5.91 Å². The molecule has 1 heterocycles. The van der Waals surface area contributed by atoms with Crippen LogP contribution in [0.25, 0.3) is 0 Å². The average molecular weight is 228 g/mol. The van der Waals surface area contributed by atoms with Gasteiger partial charge in [-0.2, -0.15) is 0 Å². The lowest BCUT2D eigenvalue weighted by molar-refractivity contribution is -0.129. The van der Waals surface area contributed by atoms with Crippen LogP contribution in [0.2, 0.25) is 0 Å². The van der Waals surface area contributed by atoms with E-state index in [4.69, 9.17) is 10.5 Å². The zero-order chi connectivity index (χ0) is 12.0. The van der Waals surface area contributed by atoms with Gasteiger partial charge in [-0.15, -0.1) is 0 Å². The summed E-state index contributed by atoms with van der Waals surface area (Å²) in [6.45, 7) is 6.97. The fraction of sp³-hybridized carbons (Fsp3) is 0.917. The van der Waals surface area contributed by atoms with Gasteiger partial charge in [-0.1, -0.05) is 13.8 Å². The van der Waals surface area contributed by atoms with Crippen molar-refractivity contribution in [3.8, 4) is 0 Å². The van der Waals surface area contributed by atoms with Crippen LogP contribution in [0.15, 0.2) is 0 Å². The van der Waals surface area contributed by atoms with E-state index in [-0.39, 0.29) is 17.2 Å². The summed E-state index contributed by atoms with van der Waals surface area (Å²) in [7, 11) is 0. The molecule has 0 aromatic rings. The quantitative estimate of drug-likeness (QED) is 0.735. The topological polar surface area (TPSA) is 64.3 Å². The van der Waals surface area contributed by atoms with Gasteiger partial charge in [0.05, 0.1) is 12.5 Å². The Morgan fingerprint density at radius 1 is 1.56 bits per heavy atom. The summed E-state index contributed by atoms with van der Waals surface area (Å²) in [5, 5.41) is 3.00. The van der Waals surface area contributed by atoms with Crippen LogP contribution in [0.4, 0.5) is 0 Å². The maximum absolute atomic E-state index is 11.8. The van der Waals surface area contributed by atoms with Gasteiger partial charge >= 0.3 is 0 Å². The van der Waals surface area contributed by atoms with Crippen LogP contribution >= 0.6 is 0 Å². The highest BCUT2D eigenvalue weighted by atomic mass is 16.5. The summed E-state index contributed by atoms with van der Waals surface area (Å²) in [6, 6.07) is 0. The minimum atomic E-state index is 0.0439. The van der Waals surface area contributed by atoms with Crippen molar-refractivity contribution in [1.82, 2.24) is 5.32 Å². The van der Waals surface area contributed by atoms with Gasteiger partial charge in [-0.05, 0) is 31.2 Å². The van der Waals surface area contributed by atoms with Crippen LogP contribution < -0.4 is 11.1 Å². The number of nitrogens with two attached hydrogens (primary N) is 1. The van der Waals surface area contributed by atoms with Crippen molar-refractivity contribution in [3.63, 3.8) is 0 Å². The lowest BCUT2D eigenvalue weighted by Gasteiger charge is -2.27. The maximum atomic E-state index is 11.8. The third-order valence-corrected chi connectivity index (χ3v) is 3.09. The van der Waals surface area contributed by atoms with E-state index in [1.807, 2.05) is 0 Å². The van der Waals surface area contributed by atoms with E-state index in [1.165, 1.54) is 0 Å². The number of amides is 1. The second-order valence-corrected chi connectivity index (χ2v) is 5.33. The number of hydrogen-bond donors (Lipinski definition) is 2. The van der Waals surface area contributed by atoms with Crippen molar-refractivity contribution in [2.45, 2.75) is 33.1 Å².